The minimum atomic E-state index is -0.361. The van der Waals surface area contributed by atoms with E-state index < -0.39 is 0 Å². The largest absolute Gasteiger partial charge is 0.444 e. The Labute approximate surface area is 178 Å². The van der Waals surface area contributed by atoms with Gasteiger partial charge in [0.1, 0.15) is 5.60 Å². The third kappa shape index (κ3) is 16.2. The fraction of sp³-hybridized carbons (Fsp3) is 0.960. The van der Waals surface area contributed by atoms with Gasteiger partial charge in [-0.15, -0.1) is 0 Å². The van der Waals surface area contributed by atoms with Gasteiger partial charge in [-0.3, -0.25) is 0 Å². The third-order valence-electron chi connectivity index (χ3n) is 5.32. The van der Waals surface area contributed by atoms with E-state index >= 15 is 0 Å². The Kier molecular flexibility index (Phi) is 18.1. The van der Waals surface area contributed by atoms with E-state index in [1.807, 2.05) is 34.6 Å². The number of nitrogens with zero attached hydrogens (tertiary/aromatic N) is 1. The molecular weight excluding hydrogens is 346 g/mol. The van der Waals surface area contributed by atoms with Crippen molar-refractivity contribution in [2.45, 2.75) is 126 Å². The van der Waals surface area contributed by atoms with Gasteiger partial charge >= 0.3 is 6.09 Å². The molecule has 0 spiro atoms. The first-order valence-corrected chi connectivity index (χ1v) is 12.1. The highest BCUT2D eigenvalue weighted by atomic mass is 16.6. The summed E-state index contributed by atoms with van der Waals surface area (Å²) in [6, 6.07) is 0. The van der Waals surface area contributed by atoms with Gasteiger partial charge in [0.15, 0.2) is 0 Å². The molecule has 0 saturated carbocycles. The van der Waals surface area contributed by atoms with Crippen LogP contribution in [-0.2, 0) is 4.74 Å². The summed E-state index contributed by atoms with van der Waals surface area (Å²) in [5.74, 6) is 2.84. The van der Waals surface area contributed by atoms with Crippen molar-refractivity contribution in [1.29, 1.82) is 0 Å². The average Bonchev–Trinajstić information content (AvgIpc) is 3.17. The normalized spacial score (nSPS) is 16.9. The monoisotopic (exact) mass is 399 g/mol. The highest BCUT2D eigenvalue weighted by Gasteiger charge is 2.23. The van der Waals surface area contributed by atoms with E-state index in [2.05, 4.69) is 34.6 Å². The minimum absolute atomic E-state index is 0.167. The standard InChI is InChI=1S/C14H30.C9H17NO2.C2H6/c1-6-9-14(10-12(4)7-2)11-13(5)8-3;1-9(2,3)12-8(11)10-6-4-5-7-10;1-2/h12-14H,6-11H2,1-5H3;4-7H2,1-3H3;1-2H3. The molecule has 0 radical (unpaired) electrons. The molecule has 3 nitrogen and oxygen atoms in total. The summed E-state index contributed by atoms with van der Waals surface area (Å²) in [6.07, 6.45) is 10.5. The van der Waals surface area contributed by atoms with Gasteiger partial charge in [-0.25, -0.2) is 4.79 Å². The van der Waals surface area contributed by atoms with Gasteiger partial charge in [-0.1, -0.05) is 74.1 Å². The second kappa shape index (κ2) is 17.2. The number of amides is 1. The smallest absolute Gasteiger partial charge is 0.410 e. The first kappa shape index (κ1) is 29.5. The van der Waals surface area contributed by atoms with Crippen molar-refractivity contribution >= 4 is 6.09 Å². The van der Waals surface area contributed by atoms with Crippen molar-refractivity contribution in [2.75, 3.05) is 13.1 Å². The number of rotatable bonds is 8. The van der Waals surface area contributed by atoms with Crippen LogP contribution in [0.15, 0.2) is 0 Å². The van der Waals surface area contributed by atoms with E-state index in [1.165, 1.54) is 38.5 Å². The Bertz CT molecular complexity index is 344. The zero-order valence-corrected chi connectivity index (χ0v) is 21.1. The van der Waals surface area contributed by atoms with Crippen LogP contribution < -0.4 is 0 Å². The number of carbonyl (C=O) groups is 1. The molecule has 0 aromatic carbocycles. The van der Waals surface area contributed by atoms with Crippen LogP contribution in [0.4, 0.5) is 4.79 Å². The van der Waals surface area contributed by atoms with E-state index in [9.17, 15) is 4.79 Å². The molecule has 0 aromatic heterocycles. The SMILES string of the molecule is CC.CC(C)(C)OC(=O)N1CCCC1.CCCC(CC(C)CC)CC(C)CC. The van der Waals surface area contributed by atoms with Gasteiger partial charge in [0.2, 0.25) is 0 Å². The zero-order valence-electron chi connectivity index (χ0n) is 21.1. The summed E-state index contributed by atoms with van der Waals surface area (Å²) in [5, 5.41) is 0. The molecule has 2 unspecified atom stereocenters. The molecule has 3 heteroatoms. The Morgan fingerprint density at radius 3 is 1.68 bits per heavy atom. The Morgan fingerprint density at radius 1 is 0.929 bits per heavy atom. The molecular formula is C25H53NO2. The first-order chi connectivity index (χ1) is 13.1. The van der Waals surface area contributed by atoms with Crippen LogP contribution in [0.25, 0.3) is 0 Å². The third-order valence-corrected chi connectivity index (χ3v) is 5.32. The number of hydrogen-bond donors (Lipinski definition) is 0. The highest BCUT2D eigenvalue weighted by Crippen LogP contribution is 2.26. The Morgan fingerprint density at radius 2 is 1.36 bits per heavy atom. The van der Waals surface area contributed by atoms with Crippen molar-refractivity contribution in [3.05, 3.63) is 0 Å². The molecule has 1 aliphatic rings. The lowest BCUT2D eigenvalue weighted by Gasteiger charge is -2.23. The predicted octanol–water partition coefficient (Wildman–Crippen LogP) is 8.32. The second-order valence-electron chi connectivity index (χ2n) is 9.33. The molecule has 1 saturated heterocycles. The van der Waals surface area contributed by atoms with Crippen LogP contribution in [0, 0.1) is 17.8 Å². The topological polar surface area (TPSA) is 29.5 Å². The van der Waals surface area contributed by atoms with Crippen molar-refractivity contribution in [3.8, 4) is 0 Å². The minimum Gasteiger partial charge on any atom is -0.444 e. The highest BCUT2D eigenvalue weighted by molar-refractivity contribution is 5.68. The summed E-state index contributed by atoms with van der Waals surface area (Å²) >= 11 is 0. The number of hydrogen-bond acceptors (Lipinski definition) is 2. The summed E-state index contributed by atoms with van der Waals surface area (Å²) in [7, 11) is 0. The van der Waals surface area contributed by atoms with Crippen molar-refractivity contribution in [3.63, 3.8) is 0 Å². The van der Waals surface area contributed by atoms with Gasteiger partial charge in [-0.2, -0.15) is 0 Å². The van der Waals surface area contributed by atoms with Gasteiger partial charge in [-0.05, 0) is 64.2 Å². The fourth-order valence-electron chi connectivity index (χ4n) is 3.44. The summed E-state index contributed by atoms with van der Waals surface area (Å²) in [6.45, 7) is 23.1. The zero-order chi connectivity index (χ0) is 22.2. The van der Waals surface area contributed by atoms with E-state index in [1.54, 1.807) is 4.90 Å². The molecule has 0 N–H and O–H groups in total. The summed E-state index contributed by atoms with van der Waals surface area (Å²) in [4.78, 5) is 13.1. The second-order valence-corrected chi connectivity index (χ2v) is 9.33. The first-order valence-electron chi connectivity index (χ1n) is 12.1. The molecule has 2 atom stereocenters. The summed E-state index contributed by atoms with van der Waals surface area (Å²) < 4.78 is 5.21. The van der Waals surface area contributed by atoms with Crippen molar-refractivity contribution < 1.29 is 9.53 Å². The molecule has 1 aliphatic heterocycles. The van der Waals surface area contributed by atoms with Gasteiger partial charge in [0, 0.05) is 13.1 Å². The number of likely N-dealkylation sites (tertiary alicyclic amines) is 1. The maximum absolute atomic E-state index is 11.4. The quantitative estimate of drug-likeness (QED) is 0.410. The molecule has 28 heavy (non-hydrogen) atoms. The maximum Gasteiger partial charge on any atom is 0.410 e. The van der Waals surface area contributed by atoms with Crippen LogP contribution in [-0.4, -0.2) is 29.7 Å². The van der Waals surface area contributed by atoms with Crippen LogP contribution in [0.2, 0.25) is 0 Å². The van der Waals surface area contributed by atoms with E-state index in [4.69, 9.17) is 4.74 Å². The molecule has 0 bridgehead atoms. The molecule has 1 fully saturated rings. The van der Waals surface area contributed by atoms with Crippen molar-refractivity contribution in [1.82, 2.24) is 4.90 Å². The fourth-order valence-corrected chi connectivity index (χ4v) is 3.44. The van der Waals surface area contributed by atoms with Gasteiger partial charge in [0.05, 0.1) is 0 Å². The Balaban J connectivity index is 0. The van der Waals surface area contributed by atoms with E-state index in [0.717, 1.165) is 43.7 Å². The molecule has 1 rings (SSSR count). The van der Waals surface area contributed by atoms with E-state index in [-0.39, 0.29) is 11.7 Å². The molecule has 1 heterocycles. The number of carbonyl (C=O) groups excluding carboxylic acids is 1. The molecule has 1 amide bonds. The Hall–Kier alpha value is -0.730. The van der Waals surface area contributed by atoms with Crippen LogP contribution in [0.3, 0.4) is 0 Å². The average molecular weight is 400 g/mol. The molecule has 170 valence electrons. The van der Waals surface area contributed by atoms with Crippen LogP contribution >= 0.6 is 0 Å². The molecule has 0 aromatic rings. The maximum atomic E-state index is 11.4. The van der Waals surface area contributed by atoms with E-state index in [0.29, 0.717) is 0 Å². The van der Waals surface area contributed by atoms with Crippen LogP contribution in [0.5, 0.6) is 0 Å². The van der Waals surface area contributed by atoms with Gasteiger partial charge in [0.25, 0.3) is 0 Å². The summed E-state index contributed by atoms with van der Waals surface area (Å²) in [5.41, 5.74) is -0.361. The lowest BCUT2D eigenvalue weighted by molar-refractivity contribution is 0.0295. The lowest BCUT2D eigenvalue weighted by Crippen LogP contribution is -2.34. The lowest BCUT2D eigenvalue weighted by atomic mass is 9.84. The van der Waals surface area contributed by atoms with Crippen molar-refractivity contribution in [2.24, 2.45) is 17.8 Å². The predicted molar refractivity (Wildman–Crippen MR) is 125 cm³/mol. The van der Waals surface area contributed by atoms with Gasteiger partial charge < -0.3 is 9.64 Å². The molecule has 0 aliphatic carbocycles. The van der Waals surface area contributed by atoms with Crippen LogP contribution in [0.1, 0.15) is 121 Å². The number of ether oxygens (including phenoxy) is 1.